The summed E-state index contributed by atoms with van der Waals surface area (Å²) >= 11 is 0. The van der Waals surface area contributed by atoms with Gasteiger partial charge in [0.1, 0.15) is 11.6 Å². The summed E-state index contributed by atoms with van der Waals surface area (Å²) in [6, 6.07) is 19.6. The van der Waals surface area contributed by atoms with Gasteiger partial charge >= 0.3 is 0 Å². The van der Waals surface area contributed by atoms with Crippen molar-refractivity contribution in [1.82, 2.24) is 10.2 Å². The summed E-state index contributed by atoms with van der Waals surface area (Å²) < 4.78 is 27.0. The van der Waals surface area contributed by atoms with Crippen molar-refractivity contribution >= 4 is 5.91 Å². The maximum Gasteiger partial charge on any atom is 0.220 e. The Bertz CT molecular complexity index is 1000. The Morgan fingerprint density at radius 2 is 1.67 bits per heavy atom. The van der Waals surface area contributed by atoms with E-state index in [0.29, 0.717) is 6.54 Å². The summed E-state index contributed by atoms with van der Waals surface area (Å²) in [7, 11) is 4.07. The zero-order valence-electron chi connectivity index (χ0n) is 17.3. The molecular formula is C25H26F2N2O. The van der Waals surface area contributed by atoms with Gasteiger partial charge in [0.15, 0.2) is 0 Å². The van der Waals surface area contributed by atoms with Crippen LogP contribution in [0.25, 0.3) is 11.1 Å². The zero-order chi connectivity index (χ0) is 21.5. The van der Waals surface area contributed by atoms with E-state index < -0.39 is 11.6 Å². The summed E-state index contributed by atoms with van der Waals surface area (Å²) in [5.41, 5.74) is 4.60. The predicted molar refractivity (Wildman–Crippen MR) is 116 cm³/mol. The number of nitrogens with zero attached hydrogens (tertiary/aromatic N) is 1. The Kier molecular flexibility index (Phi) is 7.31. The Labute approximate surface area is 176 Å². The molecule has 30 heavy (non-hydrogen) atoms. The number of carbonyl (C=O) groups is 1. The first-order valence-electron chi connectivity index (χ1n) is 9.95. The molecule has 0 aliphatic heterocycles. The minimum Gasteiger partial charge on any atom is -0.352 e. The van der Waals surface area contributed by atoms with Gasteiger partial charge in [0.2, 0.25) is 5.91 Å². The van der Waals surface area contributed by atoms with Crippen LogP contribution < -0.4 is 5.32 Å². The minimum absolute atomic E-state index is 0.0990. The van der Waals surface area contributed by atoms with E-state index in [-0.39, 0.29) is 24.3 Å². The lowest BCUT2D eigenvalue weighted by Crippen LogP contribution is -2.23. The molecule has 0 heterocycles. The van der Waals surface area contributed by atoms with Crippen LogP contribution in [0.3, 0.4) is 0 Å². The van der Waals surface area contributed by atoms with Crippen LogP contribution in [-0.2, 0) is 24.3 Å². The van der Waals surface area contributed by atoms with Crippen LogP contribution in [0.5, 0.6) is 0 Å². The Morgan fingerprint density at radius 3 is 2.40 bits per heavy atom. The molecule has 0 aliphatic carbocycles. The molecule has 3 rings (SSSR count). The van der Waals surface area contributed by atoms with Crippen LogP contribution in [0, 0.1) is 11.6 Å². The lowest BCUT2D eigenvalue weighted by molar-refractivity contribution is -0.121. The Morgan fingerprint density at radius 1 is 0.933 bits per heavy atom. The first-order valence-corrected chi connectivity index (χ1v) is 9.95. The molecule has 3 nitrogen and oxygen atoms in total. The maximum atomic E-state index is 13.7. The molecule has 1 amide bonds. The van der Waals surface area contributed by atoms with Gasteiger partial charge in [0.25, 0.3) is 0 Å². The van der Waals surface area contributed by atoms with Gasteiger partial charge in [0, 0.05) is 19.5 Å². The molecule has 0 aromatic heterocycles. The van der Waals surface area contributed by atoms with Crippen molar-refractivity contribution < 1.29 is 13.6 Å². The lowest BCUT2D eigenvalue weighted by Gasteiger charge is -2.13. The maximum absolute atomic E-state index is 13.7. The molecule has 3 aromatic carbocycles. The molecule has 0 bridgehead atoms. The number of aryl methyl sites for hydroxylation is 1. The summed E-state index contributed by atoms with van der Waals surface area (Å²) in [4.78, 5) is 14.4. The van der Waals surface area contributed by atoms with E-state index in [2.05, 4.69) is 34.5 Å². The van der Waals surface area contributed by atoms with Gasteiger partial charge in [0.05, 0.1) is 0 Å². The minimum atomic E-state index is -0.502. The Hall–Kier alpha value is -3.05. The summed E-state index contributed by atoms with van der Waals surface area (Å²) in [5.74, 6) is -1.20. The molecule has 3 aromatic rings. The van der Waals surface area contributed by atoms with Crippen LogP contribution >= 0.6 is 0 Å². The third-order valence-corrected chi connectivity index (χ3v) is 4.89. The van der Waals surface area contributed by atoms with Crippen molar-refractivity contribution in [2.75, 3.05) is 14.1 Å². The number of rotatable bonds is 8. The number of amides is 1. The Balaban J connectivity index is 1.62. The molecule has 0 atom stereocenters. The molecular weight excluding hydrogens is 382 g/mol. The van der Waals surface area contributed by atoms with E-state index in [0.717, 1.165) is 41.4 Å². The highest BCUT2D eigenvalue weighted by atomic mass is 19.1. The fourth-order valence-electron chi connectivity index (χ4n) is 3.38. The van der Waals surface area contributed by atoms with Gasteiger partial charge < -0.3 is 10.2 Å². The van der Waals surface area contributed by atoms with Crippen molar-refractivity contribution in [2.45, 2.75) is 25.9 Å². The molecule has 5 heteroatoms. The number of benzene rings is 3. The van der Waals surface area contributed by atoms with Gasteiger partial charge in [-0.15, -0.1) is 0 Å². The van der Waals surface area contributed by atoms with Crippen LogP contribution in [0.15, 0.2) is 66.7 Å². The van der Waals surface area contributed by atoms with E-state index in [9.17, 15) is 13.6 Å². The third kappa shape index (κ3) is 5.97. The van der Waals surface area contributed by atoms with Crippen molar-refractivity contribution in [1.29, 1.82) is 0 Å². The number of hydrogen-bond acceptors (Lipinski definition) is 2. The quantitative estimate of drug-likeness (QED) is 0.572. The first-order chi connectivity index (χ1) is 14.4. The lowest BCUT2D eigenvalue weighted by atomic mass is 9.98. The highest BCUT2D eigenvalue weighted by molar-refractivity contribution is 5.77. The molecule has 0 saturated carbocycles. The largest absolute Gasteiger partial charge is 0.352 e. The molecule has 0 spiro atoms. The molecule has 156 valence electrons. The third-order valence-electron chi connectivity index (χ3n) is 4.89. The molecule has 0 fully saturated rings. The summed E-state index contributed by atoms with van der Waals surface area (Å²) in [6.45, 7) is 1.25. The number of carbonyl (C=O) groups excluding carboxylic acids is 1. The number of nitrogens with one attached hydrogen (secondary N) is 1. The van der Waals surface area contributed by atoms with Crippen molar-refractivity contribution in [2.24, 2.45) is 0 Å². The van der Waals surface area contributed by atoms with Gasteiger partial charge in [-0.3, -0.25) is 4.79 Å². The first kappa shape index (κ1) is 21.7. The van der Waals surface area contributed by atoms with Crippen LogP contribution in [0.1, 0.15) is 23.1 Å². The second-order valence-corrected chi connectivity index (χ2v) is 7.60. The number of halogens is 2. The average Bonchev–Trinajstić information content (AvgIpc) is 2.73. The number of hydrogen-bond donors (Lipinski definition) is 1. The van der Waals surface area contributed by atoms with E-state index in [4.69, 9.17) is 0 Å². The topological polar surface area (TPSA) is 32.3 Å². The SMILES string of the molecule is CN(C)Cc1ccc(-c2ccccc2CNC(=O)CCc2cc(F)ccc2F)cc1. The van der Waals surface area contributed by atoms with E-state index in [1.165, 1.54) is 5.56 Å². The van der Waals surface area contributed by atoms with Gasteiger partial charge in [-0.2, -0.15) is 0 Å². The van der Waals surface area contributed by atoms with Crippen molar-refractivity contribution in [3.05, 3.63) is 95.1 Å². The molecule has 1 N–H and O–H groups in total. The standard InChI is InChI=1S/C25H26F2N2O/c1-29(2)17-18-7-9-19(10-8-18)23-6-4-3-5-21(23)16-28-25(30)14-11-20-15-22(26)12-13-24(20)27/h3-10,12-13,15H,11,14,16-17H2,1-2H3,(H,28,30). The van der Waals surface area contributed by atoms with Gasteiger partial charge in [-0.05, 0) is 66.5 Å². The molecule has 0 unspecified atom stereocenters. The van der Waals surface area contributed by atoms with E-state index >= 15 is 0 Å². The van der Waals surface area contributed by atoms with E-state index in [1.807, 2.05) is 38.4 Å². The van der Waals surface area contributed by atoms with Crippen molar-refractivity contribution in [3.8, 4) is 11.1 Å². The van der Waals surface area contributed by atoms with Crippen molar-refractivity contribution in [3.63, 3.8) is 0 Å². The van der Waals surface area contributed by atoms with Crippen LogP contribution in [0.4, 0.5) is 8.78 Å². The second kappa shape index (κ2) is 10.1. The zero-order valence-corrected chi connectivity index (χ0v) is 17.3. The second-order valence-electron chi connectivity index (χ2n) is 7.60. The van der Waals surface area contributed by atoms with E-state index in [1.54, 1.807) is 0 Å². The smallest absolute Gasteiger partial charge is 0.220 e. The summed E-state index contributed by atoms with van der Waals surface area (Å²) in [6.07, 6.45) is 0.256. The van der Waals surface area contributed by atoms with Gasteiger partial charge in [-0.1, -0.05) is 48.5 Å². The highest BCUT2D eigenvalue weighted by Gasteiger charge is 2.10. The summed E-state index contributed by atoms with van der Waals surface area (Å²) in [5, 5.41) is 2.89. The predicted octanol–water partition coefficient (Wildman–Crippen LogP) is 4.94. The fraction of sp³-hybridized carbons (Fsp3) is 0.240. The van der Waals surface area contributed by atoms with Gasteiger partial charge in [-0.25, -0.2) is 8.78 Å². The van der Waals surface area contributed by atoms with Crippen LogP contribution in [-0.4, -0.2) is 24.9 Å². The fourth-order valence-corrected chi connectivity index (χ4v) is 3.38. The average molecular weight is 408 g/mol. The molecule has 0 aliphatic rings. The van der Waals surface area contributed by atoms with Crippen LogP contribution in [0.2, 0.25) is 0 Å². The highest BCUT2D eigenvalue weighted by Crippen LogP contribution is 2.24. The monoisotopic (exact) mass is 408 g/mol. The normalized spacial score (nSPS) is 11.0. The molecule has 0 radical (unpaired) electrons. The molecule has 0 saturated heterocycles.